The number of amides is 2. The van der Waals surface area contributed by atoms with E-state index in [4.69, 9.17) is 4.74 Å². The van der Waals surface area contributed by atoms with Gasteiger partial charge in [0.25, 0.3) is 11.8 Å². The highest BCUT2D eigenvalue weighted by molar-refractivity contribution is 6.06. The average molecular weight is 363 g/mol. The van der Waals surface area contributed by atoms with Crippen LogP contribution in [-0.2, 0) is 0 Å². The first-order chi connectivity index (χ1) is 13.0. The predicted octanol–water partition coefficient (Wildman–Crippen LogP) is 3.75. The molecule has 2 amide bonds. The van der Waals surface area contributed by atoms with Gasteiger partial charge in [0.2, 0.25) is 0 Å². The van der Waals surface area contributed by atoms with Crippen LogP contribution in [0.4, 0.5) is 5.69 Å². The molecule has 6 heteroatoms. The number of hydrogen-bond donors (Lipinski definition) is 2. The smallest absolute Gasteiger partial charge is 0.270 e. The molecule has 0 aliphatic rings. The zero-order valence-corrected chi connectivity index (χ0v) is 15.4. The maximum absolute atomic E-state index is 12.5. The Balaban J connectivity index is 1.75. The molecule has 1 heterocycles. The Morgan fingerprint density at radius 2 is 1.48 bits per heavy atom. The molecule has 0 aliphatic heterocycles. The second kappa shape index (κ2) is 7.78. The number of carbonyl (C=O) groups is 2. The quantitative estimate of drug-likeness (QED) is 0.725. The highest BCUT2D eigenvalue weighted by Gasteiger charge is 2.11. The summed E-state index contributed by atoms with van der Waals surface area (Å²) in [4.78, 5) is 25.0. The van der Waals surface area contributed by atoms with Gasteiger partial charge in [-0.3, -0.25) is 19.7 Å². The van der Waals surface area contributed by atoms with Gasteiger partial charge in [-0.2, -0.15) is 0 Å². The van der Waals surface area contributed by atoms with Crippen molar-refractivity contribution in [2.45, 2.75) is 13.8 Å². The van der Waals surface area contributed by atoms with Gasteiger partial charge in [-0.1, -0.05) is 12.1 Å². The molecule has 3 rings (SSSR count). The molecule has 0 spiro atoms. The first-order valence-corrected chi connectivity index (χ1v) is 8.49. The standard InChI is InChI=1S/C21H21N3O3/c1-14-10-11-15(2)24(14)23-21(26)16-6-4-8-18(12-16)22-20(25)17-7-5-9-19(13-17)27-3/h4-13H,1-3H3,(H,22,25)(H,23,26). The van der Waals surface area contributed by atoms with Gasteiger partial charge in [-0.05, 0) is 62.4 Å². The SMILES string of the molecule is COc1cccc(C(=O)Nc2cccc(C(=O)Nn3c(C)ccc3C)c2)c1. The number of rotatable bonds is 5. The van der Waals surface area contributed by atoms with E-state index in [9.17, 15) is 9.59 Å². The summed E-state index contributed by atoms with van der Waals surface area (Å²) in [5, 5.41) is 2.81. The van der Waals surface area contributed by atoms with Crippen LogP contribution in [0, 0.1) is 13.8 Å². The van der Waals surface area contributed by atoms with Crippen LogP contribution in [0.3, 0.4) is 0 Å². The minimum absolute atomic E-state index is 0.255. The van der Waals surface area contributed by atoms with Gasteiger partial charge in [-0.25, -0.2) is 0 Å². The molecule has 2 aromatic carbocycles. The van der Waals surface area contributed by atoms with Crippen LogP contribution in [0.2, 0.25) is 0 Å². The number of aryl methyl sites for hydroxylation is 2. The van der Waals surface area contributed by atoms with Crippen molar-refractivity contribution < 1.29 is 14.3 Å². The van der Waals surface area contributed by atoms with Crippen LogP contribution >= 0.6 is 0 Å². The summed E-state index contributed by atoms with van der Waals surface area (Å²) in [5.41, 5.74) is 6.18. The number of carbonyl (C=O) groups excluding carboxylic acids is 2. The van der Waals surface area contributed by atoms with Crippen molar-refractivity contribution in [1.82, 2.24) is 4.68 Å². The van der Waals surface area contributed by atoms with Crippen LogP contribution in [0.5, 0.6) is 5.75 Å². The molecule has 0 atom stereocenters. The maximum Gasteiger partial charge on any atom is 0.270 e. The van der Waals surface area contributed by atoms with E-state index in [2.05, 4.69) is 10.7 Å². The zero-order chi connectivity index (χ0) is 19.4. The molecule has 0 unspecified atom stereocenters. The highest BCUT2D eigenvalue weighted by Crippen LogP contribution is 2.16. The topological polar surface area (TPSA) is 72.4 Å². The average Bonchev–Trinajstić information content (AvgIpc) is 3.00. The number of hydrogen-bond acceptors (Lipinski definition) is 3. The Morgan fingerprint density at radius 3 is 2.15 bits per heavy atom. The molecular formula is C21H21N3O3. The minimum atomic E-state index is -0.274. The van der Waals surface area contributed by atoms with E-state index in [0.29, 0.717) is 22.6 Å². The van der Waals surface area contributed by atoms with Crippen LogP contribution in [-0.4, -0.2) is 23.6 Å². The Labute approximate surface area is 157 Å². The summed E-state index contributed by atoms with van der Waals surface area (Å²) < 4.78 is 6.87. The fourth-order valence-electron chi connectivity index (χ4n) is 2.72. The third-order valence-corrected chi connectivity index (χ3v) is 4.20. The van der Waals surface area contributed by atoms with E-state index in [1.54, 1.807) is 60.3 Å². The highest BCUT2D eigenvalue weighted by atomic mass is 16.5. The number of ether oxygens (including phenoxy) is 1. The van der Waals surface area contributed by atoms with Crippen molar-refractivity contribution in [2.75, 3.05) is 17.9 Å². The third-order valence-electron chi connectivity index (χ3n) is 4.20. The summed E-state index contributed by atoms with van der Waals surface area (Å²) >= 11 is 0. The monoisotopic (exact) mass is 363 g/mol. The van der Waals surface area contributed by atoms with Crippen molar-refractivity contribution >= 4 is 17.5 Å². The van der Waals surface area contributed by atoms with E-state index in [-0.39, 0.29) is 11.8 Å². The van der Waals surface area contributed by atoms with Gasteiger partial charge in [0.05, 0.1) is 7.11 Å². The third kappa shape index (κ3) is 4.17. The van der Waals surface area contributed by atoms with Crippen LogP contribution in [0.15, 0.2) is 60.7 Å². The summed E-state index contributed by atoms with van der Waals surface area (Å²) in [6.07, 6.45) is 0. The van der Waals surface area contributed by atoms with Crippen LogP contribution in [0.25, 0.3) is 0 Å². The number of nitrogens with one attached hydrogen (secondary N) is 2. The van der Waals surface area contributed by atoms with Gasteiger partial charge < -0.3 is 10.1 Å². The molecule has 27 heavy (non-hydrogen) atoms. The first kappa shape index (κ1) is 18.3. The second-order valence-corrected chi connectivity index (χ2v) is 6.16. The Hall–Kier alpha value is -3.54. The fourth-order valence-corrected chi connectivity index (χ4v) is 2.72. The van der Waals surface area contributed by atoms with Gasteiger partial charge in [0.15, 0.2) is 0 Å². The van der Waals surface area contributed by atoms with E-state index < -0.39 is 0 Å². The zero-order valence-electron chi connectivity index (χ0n) is 15.4. The van der Waals surface area contributed by atoms with E-state index in [1.165, 1.54) is 0 Å². The Bertz CT molecular complexity index is 972. The fraction of sp³-hybridized carbons (Fsp3) is 0.143. The number of anilines is 1. The van der Waals surface area contributed by atoms with E-state index >= 15 is 0 Å². The maximum atomic E-state index is 12.5. The van der Waals surface area contributed by atoms with E-state index in [1.807, 2.05) is 26.0 Å². The predicted molar refractivity (Wildman–Crippen MR) is 105 cm³/mol. The minimum Gasteiger partial charge on any atom is -0.497 e. The summed E-state index contributed by atoms with van der Waals surface area (Å²) in [7, 11) is 1.55. The Morgan fingerprint density at radius 1 is 0.852 bits per heavy atom. The molecule has 138 valence electrons. The molecule has 0 fully saturated rings. The summed E-state index contributed by atoms with van der Waals surface area (Å²) in [6, 6.07) is 17.5. The number of nitrogens with zero attached hydrogens (tertiary/aromatic N) is 1. The van der Waals surface area contributed by atoms with Crippen molar-refractivity contribution in [2.24, 2.45) is 0 Å². The normalized spacial score (nSPS) is 10.3. The van der Waals surface area contributed by atoms with Crippen molar-refractivity contribution in [3.63, 3.8) is 0 Å². The summed E-state index contributed by atoms with van der Waals surface area (Å²) in [6.45, 7) is 3.83. The molecule has 3 aromatic rings. The molecule has 0 saturated heterocycles. The molecule has 1 aromatic heterocycles. The lowest BCUT2D eigenvalue weighted by molar-refractivity contribution is 0.100. The van der Waals surface area contributed by atoms with E-state index in [0.717, 1.165) is 11.4 Å². The van der Waals surface area contributed by atoms with Crippen molar-refractivity contribution in [3.8, 4) is 5.75 Å². The molecule has 0 radical (unpaired) electrons. The lowest BCUT2D eigenvalue weighted by atomic mass is 10.1. The molecule has 2 N–H and O–H groups in total. The van der Waals surface area contributed by atoms with Crippen molar-refractivity contribution in [3.05, 3.63) is 83.2 Å². The molecule has 0 aliphatic carbocycles. The van der Waals surface area contributed by atoms with Crippen LogP contribution < -0.4 is 15.5 Å². The lowest BCUT2D eigenvalue weighted by Crippen LogP contribution is -2.24. The molecular weight excluding hydrogens is 342 g/mol. The molecule has 0 bridgehead atoms. The van der Waals surface area contributed by atoms with Gasteiger partial charge in [-0.15, -0.1) is 0 Å². The summed E-state index contributed by atoms with van der Waals surface area (Å²) in [5.74, 6) is 0.0756. The van der Waals surface area contributed by atoms with Gasteiger partial charge in [0.1, 0.15) is 5.75 Å². The second-order valence-electron chi connectivity index (χ2n) is 6.16. The van der Waals surface area contributed by atoms with Crippen LogP contribution in [0.1, 0.15) is 32.1 Å². The van der Waals surface area contributed by atoms with Crippen molar-refractivity contribution in [1.29, 1.82) is 0 Å². The Kier molecular flexibility index (Phi) is 5.26. The van der Waals surface area contributed by atoms with Gasteiger partial charge >= 0.3 is 0 Å². The lowest BCUT2D eigenvalue weighted by Gasteiger charge is -2.12. The largest absolute Gasteiger partial charge is 0.497 e. The molecule has 0 saturated carbocycles. The number of methoxy groups -OCH3 is 1. The molecule has 6 nitrogen and oxygen atoms in total. The number of aromatic nitrogens is 1. The van der Waals surface area contributed by atoms with Gasteiger partial charge in [0, 0.05) is 28.2 Å². The first-order valence-electron chi connectivity index (χ1n) is 8.49. The number of benzene rings is 2.